The average Bonchev–Trinajstić information content (AvgIpc) is 2.43. The molecule has 0 atom stereocenters. The van der Waals surface area contributed by atoms with Crippen molar-refractivity contribution < 1.29 is 18.3 Å². The summed E-state index contributed by atoms with van der Waals surface area (Å²) in [5.74, 6) is 0. The largest absolute Gasteiger partial charge is 0.395 e. The number of hydrogen-bond acceptors (Lipinski definition) is 3. The number of β-amino-alcohol motifs (C(OH)–C–C–N with tert-alkyl or cyclic N) is 1. The molecule has 0 spiro atoms. The van der Waals surface area contributed by atoms with Gasteiger partial charge in [0.05, 0.1) is 6.61 Å². The Morgan fingerprint density at radius 2 is 1.53 bits per heavy atom. The fourth-order valence-electron chi connectivity index (χ4n) is 2.12. The second-order valence-electron chi connectivity index (χ2n) is 4.48. The van der Waals surface area contributed by atoms with Crippen molar-refractivity contribution >= 4 is 0 Å². The highest BCUT2D eigenvalue weighted by Gasteiger charge is 2.26. The van der Waals surface area contributed by atoms with Crippen LogP contribution in [-0.2, 0) is 0 Å². The summed E-state index contributed by atoms with van der Waals surface area (Å²) in [6, 6.07) is 0. The molecule has 0 radical (unpaired) electrons. The van der Waals surface area contributed by atoms with Gasteiger partial charge < -0.3 is 10.0 Å². The van der Waals surface area contributed by atoms with E-state index in [0.717, 1.165) is 32.6 Å². The molecule has 0 aromatic rings. The first kappa shape index (κ1) is 14.7. The summed E-state index contributed by atoms with van der Waals surface area (Å²) in [6.45, 7) is 4.76. The van der Waals surface area contributed by atoms with Crippen molar-refractivity contribution in [1.82, 2.24) is 9.80 Å². The third-order valence-electron chi connectivity index (χ3n) is 3.03. The molecule has 0 aliphatic carbocycles. The van der Waals surface area contributed by atoms with E-state index in [-0.39, 0.29) is 13.0 Å². The van der Waals surface area contributed by atoms with Crippen LogP contribution in [0.1, 0.15) is 19.3 Å². The first-order chi connectivity index (χ1) is 8.01. The molecule has 1 fully saturated rings. The zero-order valence-electron chi connectivity index (χ0n) is 10.0. The lowest BCUT2D eigenvalue weighted by Gasteiger charge is -2.21. The van der Waals surface area contributed by atoms with Crippen molar-refractivity contribution in [3.8, 4) is 0 Å². The summed E-state index contributed by atoms with van der Waals surface area (Å²) in [5.41, 5.74) is 0. The van der Waals surface area contributed by atoms with Crippen LogP contribution in [0, 0.1) is 0 Å². The van der Waals surface area contributed by atoms with Crippen LogP contribution in [0.15, 0.2) is 0 Å². The van der Waals surface area contributed by atoms with Gasteiger partial charge in [-0.25, -0.2) is 0 Å². The van der Waals surface area contributed by atoms with Gasteiger partial charge in [0.1, 0.15) is 0 Å². The van der Waals surface area contributed by atoms with Gasteiger partial charge in [0.25, 0.3) is 0 Å². The zero-order chi connectivity index (χ0) is 12.7. The SMILES string of the molecule is OCCN1CCCN(CCCC(F)(F)F)CC1. The summed E-state index contributed by atoms with van der Waals surface area (Å²) in [7, 11) is 0. The Morgan fingerprint density at radius 3 is 2.06 bits per heavy atom. The van der Waals surface area contributed by atoms with E-state index in [1.165, 1.54) is 0 Å². The predicted molar refractivity (Wildman–Crippen MR) is 59.9 cm³/mol. The van der Waals surface area contributed by atoms with E-state index in [2.05, 4.69) is 9.80 Å². The fourth-order valence-corrected chi connectivity index (χ4v) is 2.12. The number of aliphatic hydroxyl groups excluding tert-OH is 1. The Hall–Kier alpha value is -0.330. The number of rotatable bonds is 5. The van der Waals surface area contributed by atoms with E-state index in [1.54, 1.807) is 0 Å². The van der Waals surface area contributed by atoms with Crippen LogP contribution in [0.4, 0.5) is 13.2 Å². The average molecular weight is 254 g/mol. The molecule has 0 aromatic heterocycles. The van der Waals surface area contributed by atoms with Gasteiger partial charge >= 0.3 is 6.18 Å². The molecule has 0 amide bonds. The Kier molecular flexibility index (Phi) is 6.22. The minimum atomic E-state index is -4.03. The van der Waals surface area contributed by atoms with Crippen molar-refractivity contribution in [2.24, 2.45) is 0 Å². The number of nitrogens with zero attached hydrogens (tertiary/aromatic N) is 2. The molecule has 17 heavy (non-hydrogen) atoms. The van der Waals surface area contributed by atoms with E-state index in [4.69, 9.17) is 5.11 Å². The Bertz CT molecular complexity index is 211. The summed E-state index contributed by atoms with van der Waals surface area (Å²) >= 11 is 0. The first-order valence-corrected chi connectivity index (χ1v) is 6.13. The minimum absolute atomic E-state index is 0.147. The van der Waals surface area contributed by atoms with Crippen LogP contribution in [0.3, 0.4) is 0 Å². The second kappa shape index (κ2) is 7.18. The van der Waals surface area contributed by atoms with Gasteiger partial charge in [-0.15, -0.1) is 0 Å². The highest BCUT2D eigenvalue weighted by Crippen LogP contribution is 2.21. The number of aliphatic hydroxyl groups is 1. The Balaban J connectivity index is 2.18. The lowest BCUT2D eigenvalue weighted by molar-refractivity contribution is -0.136. The van der Waals surface area contributed by atoms with Crippen LogP contribution in [-0.4, -0.2) is 67.0 Å². The van der Waals surface area contributed by atoms with Crippen LogP contribution in [0.25, 0.3) is 0 Å². The van der Waals surface area contributed by atoms with Gasteiger partial charge in [-0.05, 0) is 32.5 Å². The van der Waals surface area contributed by atoms with Crippen LogP contribution < -0.4 is 0 Å². The highest BCUT2D eigenvalue weighted by atomic mass is 19.4. The van der Waals surface area contributed by atoms with E-state index in [0.29, 0.717) is 13.1 Å². The molecule has 1 aliphatic rings. The highest BCUT2D eigenvalue weighted by molar-refractivity contribution is 4.69. The molecular formula is C11H21F3N2O. The van der Waals surface area contributed by atoms with Crippen LogP contribution >= 0.6 is 0 Å². The van der Waals surface area contributed by atoms with Crippen molar-refractivity contribution in [2.75, 3.05) is 45.9 Å². The maximum atomic E-state index is 12.0. The van der Waals surface area contributed by atoms with Gasteiger partial charge in [-0.1, -0.05) is 0 Å². The number of halogens is 3. The number of hydrogen-bond donors (Lipinski definition) is 1. The van der Waals surface area contributed by atoms with E-state index < -0.39 is 12.6 Å². The molecule has 1 heterocycles. The molecule has 6 heteroatoms. The smallest absolute Gasteiger partial charge is 0.389 e. The molecular weight excluding hydrogens is 233 g/mol. The summed E-state index contributed by atoms with van der Waals surface area (Å²) in [4.78, 5) is 4.24. The summed E-state index contributed by atoms with van der Waals surface area (Å²) in [6.07, 6.45) is -3.58. The van der Waals surface area contributed by atoms with Gasteiger partial charge in [-0.3, -0.25) is 4.90 Å². The van der Waals surface area contributed by atoms with Crippen LogP contribution in [0.5, 0.6) is 0 Å². The van der Waals surface area contributed by atoms with Crippen molar-refractivity contribution in [3.63, 3.8) is 0 Å². The third kappa shape index (κ3) is 6.85. The monoisotopic (exact) mass is 254 g/mol. The zero-order valence-corrected chi connectivity index (χ0v) is 10.0. The maximum Gasteiger partial charge on any atom is 0.389 e. The van der Waals surface area contributed by atoms with Crippen molar-refractivity contribution in [1.29, 1.82) is 0 Å². The second-order valence-corrected chi connectivity index (χ2v) is 4.48. The van der Waals surface area contributed by atoms with Crippen molar-refractivity contribution in [2.45, 2.75) is 25.4 Å². The topological polar surface area (TPSA) is 26.7 Å². The van der Waals surface area contributed by atoms with Gasteiger partial charge in [0.2, 0.25) is 0 Å². The minimum Gasteiger partial charge on any atom is -0.395 e. The molecule has 3 nitrogen and oxygen atoms in total. The molecule has 0 unspecified atom stereocenters. The summed E-state index contributed by atoms with van der Waals surface area (Å²) < 4.78 is 36.0. The van der Waals surface area contributed by atoms with Gasteiger partial charge in [0, 0.05) is 26.1 Å². The molecule has 0 aromatic carbocycles. The molecule has 0 bridgehead atoms. The predicted octanol–water partition coefficient (Wildman–Crippen LogP) is 1.33. The van der Waals surface area contributed by atoms with E-state index >= 15 is 0 Å². The lowest BCUT2D eigenvalue weighted by atomic mass is 10.2. The Labute approximate surface area is 100 Å². The summed E-state index contributed by atoms with van der Waals surface area (Å²) in [5, 5.41) is 8.83. The molecule has 1 N–H and O–H groups in total. The lowest BCUT2D eigenvalue weighted by Crippen LogP contribution is -2.33. The quantitative estimate of drug-likeness (QED) is 0.802. The fraction of sp³-hybridized carbons (Fsp3) is 1.00. The van der Waals surface area contributed by atoms with E-state index in [1.807, 2.05) is 0 Å². The third-order valence-corrected chi connectivity index (χ3v) is 3.03. The first-order valence-electron chi connectivity index (χ1n) is 6.13. The van der Waals surface area contributed by atoms with Crippen LogP contribution in [0.2, 0.25) is 0 Å². The normalized spacial score (nSPS) is 20.5. The Morgan fingerprint density at radius 1 is 0.941 bits per heavy atom. The van der Waals surface area contributed by atoms with Gasteiger partial charge in [0.15, 0.2) is 0 Å². The van der Waals surface area contributed by atoms with Gasteiger partial charge in [-0.2, -0.15) is 13.2 Å². The molecule has 1 rings (SSSR count). The maximum absolute atomic E-state index is 12.0. The molecule has 1 aliphatic heterocycles. The molecule has 0 saturated carbocycles. The van der Waals surface area contributed by atoms with Crippen molar-refractivity contribution in [3.05, 3.63) is 0 Å². The number of alkyl halides is 3. The standard InChI is InChI=1S/C11H21F3N2O/c12-11(13,14)3-1-4-15-5-2-6-16(8-7-15)9-10-17/h17H,1-10H2. The van der Waals surface area contributed by atoms with E-state index in [9.17, 15) is 13.2 Å². The molecule has 102 valence electrons. The molecule has 1 saturated heterocycles.